The maximum atomic E-state index is 12.6. The van der Waals surface area contributed by atoms with Crippen molar-refractivity contribution in [2.24, 2.45) is 5.73 Å². The van der Waals surface area contributed by atoms with Gasteiger partial charge < -0.3 is 5.73 Å². The molecule has 2 N–H and O–H groups in total. The van der Waals surface area contributed by atoms with Crippen LogP contribution in [0.3, 0.4) is 0 Å². The Morgan fingerprint density at radius 3 is 2.41 bits per heavy atom. The van der Waals surface area contributed by atoms with Gasteiger partial charge in [-0.1, -0.05) is 6.07 Å². The minimum absolute atomic E-state index is 0.301. The van der Waals surface area contributed by atoms with Crippen LogP contribution in [0.15, 0.2) is 17.0 Å². The first-order valence-electron chi connectivity index (χ1n) is 4.31. The molecule has 0 amide bonds. The first-order chi connectivity index (χ1) is 7.82. The fraction of sp³-hybridized carbons (Fsp3) is 0.222. The van der Waals surface area contributed by atoms with Crippen molar-refractivity contribution in [1.29, 1.82) is 5.26 Å². The lowest BCUT2D eigenvalue weighted by Crippen LogP contribution is -2.10. The molecule has 1 aromatic rings. The van der Waals surface area contributed by atoms with Crippen molar-refractivity contribution in [2.45, 2.75) is 17.9 Å². The molecule has 0 atom stereocenters. The highest BCUT2D eigenvalue weighted by molar-refractivity contribution is 8.13. The van der Waals surface area contributed by atoms with E-state index in [4.69, 9.17) is 21.7 Å². The minimum atomic E-state index is -4.31. The van der Waals surface area contributed by atoms with Crippen LogP contribution < -0.4 is 5.73 Å². The van der Waals surface area contributed by atoms with Gasteiger partial charge in [-0.15, -0.1) is 0 Å². The van der Waals surface area contributed by atoms with Crippen molar-refractivity contribution in [2.75, 3.05) is 0 Å². The van der Waals surface area contributed by atoms with Gasteiger partial charge in [0, 0.05) is 22.8 Å². The summed E-state index contributed by atoms with van der Waals surface area (Å²) < 4.78 is 47.8. The Morgan fingerprint density at radius 2 is 2.06 bits per heavy atom. The predicted molar refractivity (Wildman–Crippen MR) is 57.0 cm³/mol. The van der Waals surface area contributed by atoms with E-state index in [1.54, 1.807) is 6.07 Å². The van der Waals surface area contributed by atoms with E-state index in [0.29, 0.717) is 0 Å². The van der Waals surface area contributed by atoms with Crippen LogP contribution in [-0.4, -0.2) is 8.42 Å². The van der Waals surface area contributed by atoms with Crippen molar-refractivity contribution in [1.82, 2.24) is 0 Å². The van der Waals surface area contributed by atoms with Gasteiger partial charge in [-0.25, -0.2) is 17.2 Å². The van der Waals surface area contributed by atoms with Gasteiger partial charge in [0.25, 0.3) is 15.5 Å². The molecule has 0 unspecified atom stereocenters. The van der Waals surface area contributed by atoms with E-state index in [9.17, 15) is 17.2 Å². The number of nitriles is 1. The summed E-state index contributed by atoms with van der Waals surface area (Å²) in [5, 5.41) is 8.73. The van der Waals surface area contributed by atoms with Gasteiger partial charge in [0.2, 0.25) is 0 Å². The lowest BCUT2D eigenvalue weighted by atomic mass is 10.0. The van der Waals surface area contributed by atoms with E-state index in [0.717, 1.165) is 12.1 Å². The van der Waals surface area contributed by atoms with Crippen LogP contribution in [-0.2, 0) is 15.6 Å². The van der Waals surface area contributed by atoms with Crippen molar-refractivity contribution < 1.29 is 17.2 Å². The number of nitrogens with zero attached hydrogens (tertiary/aromatic N) is 1. The zero-order valence-electron chi connectivity index (χ0n) is 8.32. The number of alkyl halides is 2. The molecule has 0 saturated carbocycles. The molecular weight excluding hydrogens is 274 g/mol. The van der Waals surface area contributed by atoms with Crippen LogP contribution in [0.5, 0.6) is 0 Å². The third-order valence-corrected chi connectivity index (χ3v) is 3.52. The molecule has 17 heavy (non-hydrogen) atoms. The predicted octanol–water partition coefficient (Wildman–Crippen LogP) is 1.88. The zero-order valence-corrected chi connectivity index (χ0v) is 9.89. The van der Waals surface area contributed by atoms with Crippen molar-refractivity contribution in [3.8, 4) is 6.07 Å². The molecule has 1 aromatic carbocycles. The van der Waals surface area contributed by atoms with Gasteiger partial charge >= 0.3 is 0 Å². The summed E-state index contributed by atoms with van der Waals surface area (Å²) in [6.07, 6.45) is -2.89. The Hall–Kier alpha value is -1.23. The highest BCUT2D eigenvalue weighted by Gasteiger charge is 2.25. The number of nitrogens with two attached hydrogens (primary N) is 1. The molecule has 0 radical (unpaired) electrons. The standard InChI is InChI=1S/C9H7ClF2N2O2S/c10-17(15,16)8-5(3-13)1-2-6(9(11)12)7(8)4-14/h1-2,9H,4,14H2. The molecule has 8 heteroatoms. The van der Waals surface area contributed by atoms with E-state index in [2.05, 4.69) is 0 Å². The van der Waals surface area contributed by atoms with E-state index < -0.39 is 32.5 Å². The summed E-state index contributed by atoms with van der Waals surface area (Å²) >= 11 is 0. The molecule has 0 aromatic heterocycles. The maximum absolute atomic E-state index is 12.6. The van der Waals surface area contributed by atoms with Crippen LogP contribution >= 0.6 is 10.7 Å². The second kappa shape index (κ2) is 4.96. The summed E-state index contributed by atoms with van der Waals surface area (Å²) in [5.41, 5.74) is 4.08. The third-order valence-electron chi connectivity index (χ3n) is 2.10. The monoisotopic (exact) mass is 280 g/mol. The number of benzene rings is 1. The molecule has 0 spiro atoms. The summed E-state index contributed by atoms with van der Waals surface area (Å²) in [7, 11) is 0.816. The summed E-state index contributed by atoms with van der Waals surface area (Å²) in [6.45, 7) is -0.448. The lowest BCUT2D eigenvalue weighted by molar-refractivity contribution is 0.150. The Labute approximate surface area is 101 Å². The molecule has 0 aliphatic rings. The average Bonchev–Trinajstić information content (AvgIpc) is 2.25. The fourth-order valence-electron chi connectivity index (χ4n) is 1.42. The first-order valence-corrected chi connectivity index (χ1v) is 6.62. The van der Waals surface area contributed by atoms with Gasteiger partial charge in [0.15, 0.2) is 0 Å². The molecular formula is C9H7ClF2N2O2S. The van der Waals surface area contributed by atoms with Gasteiger partial charge in [-0.3, -0.25) is 0 Å². The average molecular weight is 281 g/mol. The highest BCUT2D eigenvalue weighted by atomic mass is 35.7. The molecule has 0 aliphatic carbocycles. The molecule has 0 saturated heterocycles. The second-order valence-electron chi connectivity index (χ2n) is 3.06. The third kappa shape index (κ3) is 2.72. The fourth-order valence-corrected chi connectivity index (χ4v) is 2.83. The smallest absolute Gasteiger partial charge is 0.264 e. The normalized spacial score (nSPS) is 11.5. The summed E-state index contributed by atoms with van der Waals surface area (Å²) in [6, 6.07) is 3.53. The van der Waals surface area contributed by atoms with E-state index >= 15 is 0 Å². The van der Waals surface area contributed by atoms with E-state index in [1.807, 2.05) is 0 Å². The van der Waals surface area contributed by atoms with E-state index in [1.165, 1.54) is 0 Å². The van der Waals surface area contributed by atoms with Crippen molar-refractivity contribution in [3.63, 3.8) is 0 Å². The Kier molecular flexibility index (Phi) is 4.03. The van der Waals surface area contributed by atoms with E-state index in [-0.39, 0.29) is 11.1 Å². The van der Waals surface area contributed by atoms with Crippen molar-refractivity contribution in [3.05, 3.63) is 28.8 Å². The number of hydrogen-bond donors (Lipinski definition) is 1. The molecule has 0 aliphatic heterocycles. The van der Waals surface area contributed by atoms with Crippen LogP contribution in [0.25, 0.3) is 0 Å². The highest BCUT2D eigenvalue weighted by Crippen LogP contribution is 2.31. The molecule has 0 heterocycles. The second-order valence-corrected chi connectivity index (χ2v) is 5.57. The molecule has 0 bridgehead atoms. The Morgan fingerprint density at radius 1 is 1.47 bits per heavy atom. The minimum Gasteiger partial charge on any atom is -0.326 e. The lowest BCUT2D eigenvalue weighted by Gasteiger charge is -2.12. The maximum Gasteiger partial charge on any atom is 0.264 e. The molecule has 0 fully saturated rings. The van der Waals surface area contributed by atoms with Gasteiger partial charge in [-0.2, -0.15) is 5.26 Å². The summed E-state index contributed by atoms with van der Waals surface area (Å²) in [5.74, 6) is 0. The topological polar surface area (TPSA) is 83.9 Å². The zero-order chi connectivity index (χ0) is 13.2. The van der Waals surface area contributed by atoms with Crippen molar-refractivity contribution >= 4 is 19.7 Å². The van der Waals surface area contributed by atoms with Crippen LogP contribution in [0.4, 0.5) is 8.78 Å². The van der Waals surface area contributed by atoms with Gasteiger partial charge in [0.1, 0.15) is 11.0 Å². The Balaban J connectivity index is 3.75. The van der Waals surface area contributed by atoms with Crippen LogP contribution in [0.1, 0.15) is 23.1 Å². The molecule has 4 nitrogen and oxygen atoms in total. The SMILES string of the molecule is N#Cc1ccc(C(F)F)c(CN)c1S(=O)(=O)Cl. The van der Waals surface area contributed by atoms with Crippen LogP contribution in [0.2, 0.25) is 0 Å². The number of rotatable bonds is 3. The number of halogens is 3. The quantitative estimate of drug-likeness (QED) is 0.857. The van der Waals surface area contributed by atoms with Gasteiger partial charge in [-0.05, 0) is 11.6 Å². The summed E-state index contributed by atoms with van der Waals surface area (Å²) in [4.78, 5) is -0.637. The largest absolute Gasteiger partial charge is 0.326 e. The number of hydrogen-bond acceptors (Lipinski definition) is 4. The Bertz CT molecular complexity index is 581. The molecule has 1 rings (SSSR count). The van der Waals surface area contributed by atoms with Crippen LogP contribution in [0, 0.1) is 11.3 Å². The van der Waals surface area contributed by atoms with Gasteiger partial charge in [0.05, 0.1) is 5.56 Å². The first kappa shape index (κ1) is 13.8. The molecule has 92 valence electrons.